The fourth-order valence-electron chi connectivity index (χ4n) is 2.39. The van der Waals surface area contributed by atoms with E-state index in [0.717, 1.165) is 29.7 Å². The predicted octanol–water partition coefficient (Wildman–Crippen LogP) is 2.66. The van der Waals surface area contributed by atoms with Gasteiger partial charge in [-0.2, -0.15) is 0 Å². The summed E-state index contributed by atoms with van der Waals surface area (Å²) < 4.78 is 5.86. The van der Waals surface area contributed by atoms with Crippen LogP contribution in [0.4, 0.5) is 0 Å². The fraction of sp³-hybridized carbons (Fsp3) is 0.429. The molecule has 0 unspecified atom stereocenters. The maximum absolute atomic E-state index is 12.2. The van der Waals surface area contributed by atoms with Gasteiger partial charge in [-0.25, -0.2) is 0 Å². The van der Waals surface area contributed by atoms with E-state index in [1.807, 2.05) is 17.9 Å². The Hall–Kier alpha value is -1.37. The lowest BCUT2D eigenvalue weighted by molar-refractivity contribution is 0.0590. The number of hydrogen-bond donors (Lipinski definition) is 0. The Morgan fingerprint density at radius 2 is 2.14 bits per heavy atom. The first kappa shape index (κ1) is 14.6. The normalized spacial score (nSPS) is 16.4. The van der Waals surface area contributed by atoms with Crippen LogP contribution in [0.5, 0.6) is 0 Å². The van der Waals surface area contributed by atoms with Crippen LogP contribution in [0.15, 0.2) is 22.7 Å². The number of hydrogen-bond acceptors (Lipinski definition) is 5. The third kappa shape index (κ3) is 3.45. The van der Waals surface area contributed by atoms with Crippen molar-refractivity contribution < 1.29 is 9.32 Å². The van der Waals surface area contributed by atoms with Gasteiger partial charge in [0.1, 0.15) is 0 Å². The molecule has 0 spiro atoms. The molecule has 2 aromatic rings. The van der Waals surface area contributed by atoms with Crippen molar-refractivity contribution >= 4 is 28.8 Å². The Kier molecular flexibility index (Phi) is 4.28. The molecule has 1 saturated heterocycles. The Balaban J connectivity index is 1.54. The molecule has 0 N–H and O–H groups in total. The van der Waals surface area contributed by atoms with Crippen molar-refractivity contribution in [3.63, 3.8) is 0 Å². The molecule has 0 bridgehead atoms. The van der Waals surface area contributed by atoms with Gasteiger partial charge < -0.3 is 9.42 Å². The van der Waals surface area contributed by atoms with E-state index in [4.69, 9.17) is 16.1 Å². The lowest BCUT2D eigenvalue weighted by Crippen LogP contribution is -2.48. The van der Waals surface area contributed by atoms with Gasteiger partial charge in [-0.1, -0.05) is 16.8 Å². The monoisotopic (exact) mass is 325 g/mol. The molecule has 0 radical (unpaired) electrons. The zero-order valence-corrected chi connectivity index (χ0v) is 13.3. The van der Waals surface area contributed by atoms with Crippen molar-refractivity contribution in [2.45, 2.75) is 13.5 Å². The molecule has 1 aliphatic rings. The first-order chi connectivity index (χ1) is 10.1. The minimum atomic E-state index is -0.0746. The standard InChI is InChI=1S/C14H16ClN3O2S/c1-10-8-12(20-16-10)14(19)18-6-4-17(5-7-18)9-11-2-3-13(15)21-11/h2-3,8H,4-7,9H2,1H3. The highest BCUT2D eigenvalue weighted by molar-refractivity contribution is 7.16. The molecular formula is C14H16ClN3O2S. The molecule has 21 heavy (non-hydrogen) atoms. The van der Waals surface area contributed by atoms with Gasteiger partial charge in [0.15, 0.2) is 0 Å². The molecular weight excluding hydrogens is 310 g/mol. The van der Waals surface area contributed by atoms with E-state index >= 15 is 0 Å². The van der Waals surface area contributed by atoms with Crippen LogP contribution < -0.4 is 0 Å². The van der Waals surface area contributed by atoms with Gasteiger partial charge in [0.05, 0.1) is 10.0 Å². The average Bonchev–Trinajstić information content (AvgIpc) is 3.08. The van der Waals surface area contributed by atoms with E-state index in [0.29, 0.717) is 18.8 Å². The molecule has 0 atom stereocenters. The maximum atomic E-state index is 12.2. The third-order valence-corrected chi connectivity index (χ3v) is 4.72. The van der Waals surface area contributed by atoms with Crippen molar-refractivity contribution in [1.82, 2.24) is 15.0 Å². The molecule has 112 valence electrons. The summed E-state index contributed by atoms with van der Waals surface area (Å²) in [6.07, 6.45) is 0. The Bertz CT molecular complexity index is 632. The summed E-state index contributed by atoms with van der Waals surface area (Å²) in [4.78, 5) is 17.6. The zero-order valence-electron chi connectivity index (χ0n) is 11.7. The van der Waals surface area contributed by atoms with Crippen LogP contribution in [0.25, 0.3) is 0 Å². The molecule has 3 rings (SSSR count). The summed E-state index contributed by atoms with van der Waals surface area (Å²) in [7, 11) is 0. The second kappa shape index (κ2) is 6.17. The van der Waals surface area contributed by atoms with Gasteiger partial charge >= 0.3 is 0 Å². The van der Waals surface area contributed by atoms with Gasteiger partial charge in [-0.15, -0.1) is 11.3 Å². The van der Waals surface area contributed by atoms with Crippen molar-refractivity contribution in [1.29, 1.82) is 0 Å². The van der Waals surface area contributed by atoms with E-state index in [-0.39, 0.29) is 5.91 Å². The number of aromatic nitrogens is 1. The van der Waals surface area contributed by atoms with Crippen molar-refractivity contribution in [2.75, 3.05) is 26.2 Å². The summed E-state index contributed by atoms with van der Waals surface area (Å²) in [5, 5.41) is 3.76. The van der Waals surface area contributed by atoms with Crippen LogP contribution in [0.3, 0.4) is 0 Å². The van der Waals surface area contributed by atoms with Crippen LogP contribution in [0.1, 0.15) is 21.1 Å². The van der Waals surface area contributed by atoms with E-state index in [1.54, 1.807) is 17.4 Å². The number of aryl methyl sites for hydroxylation is 1. The van der Waals surface area contributed by atoms with E-state index in [9.17, 15) is 4.79 Å². The first-order valence-corrected chi connectivity index (χ1v) is 8.00. The molecule has 7 heteroatoms. The average molecular weight is 326 g/mol. The quantitative estimate of drug-likeness (QED) is 0.870. The summed E-state index contributed by atoms with van der Waals surface area (Å²) in [6, 6.07) is 5.66. The van der Waals surface area contributed by atoms with E-state index in [2.05, 4.69) is 16.1 Å². The zero-order chi connectivity index (χ0) is 14.8. The fourth-order valence-corrected chi connectivity index (χ4v) is 3.52. The van der Waals surface area contributed by atoms with Crippen LogP contribution in [0, 0.1) is 6.92 Å². The summed E-state index contributed by atoms with van der Waals surface area (Å²) >= 11 is 7.55. The lowest BCUT2D eigenvalue weighted by Gasteiger charge is -2.33. The number of nitrogens with zero attached hydrogens (tertiary/aromatic N) is 3. The largest absolute Gasteiger partial charge is 0.351 e. The Morgan fingerprint density at radius 1 is 1.38 bits per heavy atom. The number of carbonyl (C=O) groups is 1. The number of amides is 1. The predicted molar refractivity (Wildman–Crippen MR) is 81.7 cm³/mol. The number of carbonyl (C=O) groups excluding carboxylic acids is 1. The van der Waals surface area contributed by atoms with Crippen molar-refractivity contribution in [2.24, 2.45) is 0 Å². The molecule has 0 saturated carbocycles. The molecule has 1 aliphatic heterocycles. The molecule has 0 aromatic carbocycles. The first-order valence-electron chi connectivity index (χ1n) is 6.81. The minimum absolute atomic E-state index is 0.0746. The van der Waals surface area contributed by atoms with Gasteiger partial charge in [-0.05, 0) is 19.1 Å². The highest BCUT2D eigenvalue weighted by Gasteiger charge is 2.24. The number of rotatable bonds is 3. The number of halogens is 1. The van der Waals surface area contributed by atoms with Gasteiger partial charge in [-0.3, -0.25) is 9.69 Å². The van der Waals surface area contributed by atoms with E-state index in [1.165, 1.54) is 4.88 Å². The minimum Gasteiger partial charge on any atom is -0.351 e. The highest BCUT2D eigenvalue weighted by Crippen LogP contribution is 2.23. The smallest absolute Gasteiger partial charge is 0.292 e. The summed E-state index contributed by atoms with van der Waals surface area (Å²) in [5.41, 5.74) is 0.728. The second-order valence-corrected chi connectivity index (χ2v) is 6.91. The van der Waals surface area contributed by atoms with Crippen molar-refractivity contribution in [3.8, 4) is 0 Å². The number of piperazine rings is 1. The van der Waals surface area contributed by atoms with Gasteiger partial charge in [0, 0.05) is 43.7 Å². The molecule has 5 nitrogen and oxygen atoms in total. The third-order valence-electron chi connectivity index (χ3n) is 3.51. The highest BCUT2D eigenvalue weighted by atomic mass is 35.5. The molecule has 3 heterocycles. The van der Waals surface area contributed by atoms with Crippen LogP contribution in [-0.4, -0.2) is 47.0 Å². The Labute approximate surface area is 132 Å². The SMILES string of the molecule is Cc1cc(C(=O)N2CCN(Cc3ccc(Cl)s3)CC2)on1. The van der Waals surface area contributed by atoms with E-state index < -0.39 is 0 Å². The topological polar surface area (TPSA) is 49.6 Å². The van der Waals surface area contributed by atoms with Crippen LogP contribution in [0.2, 0.25) is 4.34 Å². The molecule has 0 aliphatic carbocycles. The van der Waals surface area contributed by atoms with Crippen LogP contribution >= 0.6 is 22.9 Å². The molecule has 1 amide bonds. The maximum Gasteiger partial charge on any atom is 0.292 e. The van der Waals surface area contributed by atoms with Crippen LogP contribution in [-0.2, 0) is 6.54 Å². The second-order valence-electron chi connectivity index (χ2n) is 5.11. The molecule has 2 aromatic heterocycles. The summed E-state index contributed by atoms with van der Waals surface area (Å²) in [5.74, 6) is 0.250. The number of thiophene rings is 1. The van der Waals surface area contributed by atoms with Crippen molar-refractivity contribution in [3.05, 3.63) is 38.9 Å². The molecule has 1 fully saturated rings. The lowest BCUT2D eigenvalue weighted by atomic mass is 10.2. The summed E-state index contributed by atoms with van der Waals surface area (Å²) in [6.45, 7) is 5.82. The van der Waals surface area contributed by atoms with Gasteiger partial charge in [0.2, 0.25) is 5.76 Å². The Morgan fingerprint density at radius 3 is 2.71 bits per heavy atom. The van der Waals surface area contributed by atoms with Gasteiger partial charge in [0.25, 0.3) is 5.91 Å².